The molecule has 3 rings (SSSR count). The quantitative estimate of drug-likeness (QED) is 0.488. The molecule has 1 aliphatic rings. The number of carbonyl (C=O) groups excluding carboxylic acids is 2. The van der Waals surface area contributed by atoms with Crippen molar-refractivity contribution in [1.82, 2.24) is 9.80 Å². The van der Waals surface area contributed by atoms with Crippen molar-refractivity contribution in [3.05, 3.63) is 64.7 Å². The lowest BCUT2D eigenvalue weighted by Crippen LogP contribution is -2.49. The number of hydrogen-bond donors (Lipinski definition) is 0. The molecule has 0 spiro atoms. The molecule has 0 aliphatic carbocycles. The van der Waals surface area contributed by atoms with Crippen LogP contribution in [0.5, 0.6) is 0 Å². The Hall–Kier alpha value is -1.79. The average Bonchev–Trinajstić information content (AvgIpc) is 2.77. The van der Waals surface area contributed by atoms with E-state index in [9.17, 15) is 9.59 Å². The number of halogens is 3. The van der Waals surface area contributed by atoms with Gasteiger partial charge in [-0.2, -0.15) is 0 Å². The predicted octanol–water partition coefficient (Wildman–Crippen LogP) is 4.07. The molecule has 1 aliphatic heterocycles. The van der Waals surface area contributed by atoms with Crippen LogP contribution < -0.4 is 4.42 Å². The number of anilines is 1. The molecule has 2 aromatic carbocycles. The van der Waals surface area contributed by atoms with Gasteiger partial charge in [0.15, 0.2) is 0 Å². The molecule has 8 heteroatoms. The summed E-state index contributed by atoms with van der Waals surface area (Å²) in [7, 11) is 0. The first-order chi connectivity index (χ1) is 14.0. The minimum atomic E-state index is -0.415. The SMILES string of the molecule is O=C(c1ccc(N(Cl)C(=O)CCl)cc1)N1CCN(CCc2ccc(Cl)cc2)CC1. The van der Waals surface area contributed by atoms with Crippen molar-refractivity contribution in [3.63, 3.8) is 0 Å². The Morgan fingerprint density at radius 2 is 1.55 bits per heavy atom. The van der Waals surface area contributed by atoms with E-state index in [4.69, 9.17) is 35.0 Å². The van der Waals surface area contributed by atoms with E-state index >= 15 is 0 Å². The minimum Gasteiger partial charge on any atom is -0.336 e. The molecule has 1 heterocycles. The van der Waals surface area contributed by atoms with Crippen LogP contribution in [0.4, 0.5) is 5.69 Å². The van der Waals surface area contributed by atoms with Crippen molar-refractivity contribution >= 4 is 52.5 Å². The molecule has 0 unspecified atom stereocenters. The third kappa shape index (κ3) is 5.86. The van der Waals surface area contributed by atoms with Crippen LogP contribution in [-0.2, 0) is 11.2 Å². The number of piperazine rings is 1. The molecular weight excluding hydrogens is 433 g/mol. The first kappa shape index (κ1) is 21.9. The van der Waals surface area contributed by atoms with Crippen molar-refractivity contribution in [2.75, 3.05) is 43.0 Å². The van der Waals surface area contributed by atoms with Gasteiger partial charge in [-0.1, -0.05) is 23.7 Å². The van der Waals surface area contributed by atoms with Gasteiger partial charge in [-0.3, -0.25) is 14.5 Å². The van der Waals surface area contributed by atoms with E-state index in [0.717, 1.165) is 35.5 Å². The number of carbonyl (C=O) groups is 2. The number of benzene rings is 2. The Kier molecular flexibility index (Phi) is 7.78. The smallest absolute Gasteiger partial charge is 0.256 e. The fourth-order valence-corrected chi connectivity index (χ4v) is 3.71. The minimum absolute atomic E-state index is 0.0151. The molecule has 154 valence electrons. The summed E-state index contributed by atoms with van der Waals surface area (Å²) in [6, 6.07) is 14.6. The average molecular weight is 455 g/mol. The lowest BCUT2D eigenvalue weighted by Gasteiger charge is -2.34. The van der Waals surface area contributed by atoms with Crippen LogP contribution in [0.2, 0.25) is 5.02 Å². The van der Waals surface area contributed by atoms with Crippen LogP contribution in [0.25, 0.3) is 0 Å². The summed E-state index contributed by atoms with van der Waals surface area (Å²) in [5.74, 6) is -0.632. The first-order valence-electron chi connectivity index (χ1n) is 9.39. The van der Waals surface area contributed by atoms with E-state index in [0.29, 0.717) is 24.3 Å². The predicted molar refractivity (Wildman–Crippen MR) is 118 cm³/mol. The molecule has 2 amide bonds. The lowest BCUT2D eigenvalue weighted by molar-refractivity contribution is -0.115. The zero-order valence-corrected chi connectivity index (χ0v) is 18.1. The molecule has 0 saturated carbocycles. The first-order valence-corrected chi connectivity index (χ1v) is 10.6. The van der Waals surface area contributed by atoms with E-state index < -0.39 is 5.91 Å². The molecule has 0 atom stereocenters. The zero-order valence-electron chi connectivity index (χ0n) is 15.9. The maximum atomic E-state index is 12.7. The number of amides is 2. The van der Waals surface area contributed by atoms with Crippen molar-refractivity contribution in [2.24, 2.45) is 0 Å². The topological polar surface area (TPSA) is 43.9 Å². The van der Waals surface area contributed by atoms with Crippen LogP contribution in [-0.4, -0.2) is 60.2 Å². The molecule has 1 saturated heterocycles. The van der Waals surface area contributed by atoms with Gasteiger partial charge in [0.2, 0.25) is 0 Å². The van der Waals surface area contributed by atoms with E-state index in [1.807, 2.05) is 17.0 Å². The second-order valence-electron chi connectivity index (χ2n) is 6.87. The van der Waals surface area contributed by atoms with Crippen LogP contribution in [0.15, 0.2) is 48.5 Å². The molecule has 0 N–H and O–H groups in total. The second-order valence-corrected chi connectivity index (χ2v) is 7.91. The number of nitrogens with zero attached hydrogens (tertiary/aromatic N) is 3. The summed E-state index contributed by atoms with van der Waals surface area (Å²) in [6.07, 6.45) is 0.961. The normalized spacial score (nSPS) is 14.7. The Morgan fingerprint density at radius 3 is 2.14 bits per heavy atom. The molecule has 0 bridgehead atoms. The van der Waals surface area contributed by atoms with Crippen molar-refractivity contribution in [1.29, 1.82) is 0 Å². The van der Waals surface area contributed by atoms with Crippen molar-refractivity contribution < 1.29 is 9.59 Å². The summed E-state index contributed by atoms with van der Waals surface area (Å²) in [6.45, 7) is 4.02. The highest BCUT2D eigenvalue weighted by molar-refractivity contribution is 6.42. The van der Waals surface area contributed by atoms with Gasteiger partial charge in [0.1, 0.15) is 5.88 Å². The van der Waals surface area contributed by atoms with E-state index in [2.05, 4.69) is 17.0 Å². The maximum absolute atomic E-state index is 12.7. The van der Waals surface area contributed by atoms with Crippen molar-refractivity contribution in [3.8, 4) is 0 Å². The fraction of sp³-hybridized carbons (Fsp3) is 0.333. The molecule has 0 aromatic heterocycles. The molecule has 5 nitrogen and oxygen atoms in total. The molecule has 29 heavy (non-hydrogen) atoms. The van der Waals surface area contributed by atoms with Gasteiger partial charge in [-0.05, 0) is 48.4 Å². The van der Waals surface area contributed by atoms with Gasteiger partial charge in [-0.15, -0.1) is 11.6 Å². The van der Waals surface area contributed by atoms with Crippen LogP contribution in [0, 0.1) is 0 Å². The van der Waals surface area contributed by atoms with Crippen LogP contribution in [0.3, 0.4) is 0 Å². The highest BCUT2D eigenvalue weighted by Crippen LogP contribution is 2.19. The summed E-state index contributed by atoms with van der Waals surface area (Å²) >= 11 is 17.4. The summed E-state index contributed by atoms with van der Waals surface area (Å²) in [5.41, 5.74) is 2.32. The molecule has 0 radical (unpaired) electrons. The third-order valence-corrected chi connectivity index (χ3v) is 5.83. The van der Waals surface area contributed by atoms with Gasteiger partial charge in [-0.25, -0.2) is 4.42 Å². The summed E-state index contributed by atoms with van der Waals surface area (Å²) in [5, 5.41) is 0.748. The zero-order chi connectivity index (χ0) is 20.8. The number of alkyl halides is 1. The maximum Gasteiger partial charge on any atom is 0.256 e. The van der Waals surface area contributed by atoms with Gasteiger partial charge in [0.05, 0.1) is 5.69 Å². The highest BCUT2D eigenvalue weighted by atomic mass is 35.5. The Labute approximate surface area is 185 Å². The van der Waals surface area contributed by atoms with Gasteiger partial charge in [0.25, 0.3) is 11.8 Å². The largest absolute Gasteiger partial charge is 0.336 e. The van der Waals surface area contributed by atoms with E-state index in [1.165, 1.54) is 5.56 Å². The van der Waals surface area contributed by atoms with Gasteiger partial charge >= 0.3 is 0 Å². The lowest BCUT2D eigenvalue weighted by atomic mass is 10.1. The molecule has 1 fully saturated rings. The highest BCUT2D eigenvalue weighted by Gasteiger charge is 2.22. The third-order valence-electron chi connectivity index (χ3n) is 4.96. The van der Waals surface area contributed by atoms with Crippen molar-refractivity contribution in [2.45, 2.75) is 6.42 Å². The fourth-order valence-electron chi connectivity index (χ4n) is 3.23. The summed E-state index contributed by atoms with van der Waals surface area (Å²) in [4.78, 5) is 28.5. The summed E-state index contributed by atoms with van der Waals surface area (Å²) < 4.78 is 0.959. The van der Waals surface area contributed by atoms with Crippen LogP contribution in [0.1, 0.15) is 15.9 Å². The van der Waals surface area contributed by atoms with Crippen LogP contribution >= 0.6 is 35.0 Å². The Balaban J connectivity index is 1.49. The van der Waals surface area contributed by atoms with E-state index in [-0.39, 0.29) is 11.8 Å². The van der Waals surface area contributed by atoms with Gasteiger partial charge in [0, 0.05) is 55.1 Å². The second kappa shape index (κ2) is 10.3. The Bertz CT molecular complexity index is 835. The standard InChI is InChI=1S/C21H22Cl3N3O2/c22-15-20(28)27(24)19-7-3-17(4-8-19)21(29)26-13-11-25(12-14-26)10-9-16-1-5-18(23)6-2-16/h1-8H,9-15H2. The number of hydrogen-bond acceptors (Lipinski definition) is 3. The Morgan fingerprint density at radius 1 is 0.931 bits per heavy atom. The monoisotopic (exact) mass is 453 g/mol. The molecular formula is C21H22Cl3N3O2. The van der Waals surface area contributed by atoms with Gasteiger partial charge < -0.3 is 4.90 Å². The molecule has 2 aromatic rings. The van der Waals surface area contributed by atoms with E-state index in [1.54, 1.807) is 24.3 Å². The number of rotatable bonds is 6.